The van der Waals surface area contributed by atoms with E-state index in [1.54, 1.807) is 6.20 Å². The molecule has 1 N–H and O–H groups in total. The third kappa shape index (κ3) is 2.70. The van der Waals surface area contributed by atoms with Crippen molar-refractivity contribution in [2.75, 3.05) is 5.32 Å². The molecule has 1 heterocycles. The highest BCUT2D eigenvalue weighted by Gasteiger charge is 2.13. The fraction of sp³-hybridized carbons (Fsp3) is 0.158. The molecule has 22 heavy (non-hydrogen) atoms. The average molecular weight is 290 g/mol. The number of benzene rings is 2. The maximum atomic E-state index is 12.6. The second kappa shape index (κ2) is 5.60. The number of amides is 1. The van der Waals surface area contributed by atoms with E-state index in [-0.39, 0.29) is 5.91 Å². The van der Waals surface area contributed by atoms with Gasteiger partial charge in [0.05, 0.1) is 17.4 Å². The summed E-state index contributed by atoms with van der Waals surface area (Å²) in [5, 5.41) is 3.96. The Morgan fingerprint density at radius 1 is 1.00 bits per heavy atom. The van der Waals surface area contributed by atoms with Crippen LogP contribution in [0, 0.1) is 20.8 Å². The van der Waals surface area contributed by atoms with E-state index in [0.717, 1.165) is 27.6 Å². The first-order chi connectivity index (χ1) is 10.5. The van der Waals surface area contributed by atoms with Crippen molar-refractivity contribution in [2.24, 2.45) is 0 Å². The number of aromatic nitrogens is 1. The van der Waals surface area contributed by atoms with E-state index in [1.807, 2.05) is 63.2 Å². The van der Waals surface area contributed by atoms with E-state index in [1.165, 1.54) is 5.56 Å². The van der Waals surface area contributed by atoms with Gasteiger partial charge in [-0.1, -0.05) is 35.9 Å². The minimum Gasteiger partial charge on any atom is -0.321 e. The number of fused-ring (bicyclic) bond motifs is 1. The molecule has 0 saturated carbocycles. The standard InChI is InChI=1S/C19H18N2O/c1-12-8-13(2)18(14(3)9-12)19(22)21-16-10-15-6-4-5-7-17(15)20-11-16/h4-11H,1-3H3,(H,21,22). The van der Waals surface area contributed by atoms with Gasteiger partial charge in [-0.3, -0.25) is 9.78 Å². The van der Waals surface area contributed by atoms with E-state index >= 15 is 0 Å². The van der Waals surface area contributed by atoms with Crippen LogP contribution in [0.1, 0.15) is 27.0 Å². The SMILES string of the molecule is Cc1cc(C)c(C(=O)Nc2cnc3ccccc3c2)c(C)c1. The van der Waals surface area contributed by atoms with Gasteiger partial charge in [0.25, 0.3) is 5.91 Å². The normalized spacial score (nSPS) is 10.7. The number of para-hydroxylation sites is 1. The van der Waals surface area contributed by atoms with Crippen molar-refractivity contribution in [2.45, 2.75) is 20.8 Å². The van der Waals surface area contributed by atoms with Gasteiger partial charge in [0, 0.05) is 10.9 Å². The molecule has 0 bridgehead atoms. The van der Waals surface area contributed by atoms with Gasteiger partial charge in [-0.05, 0) is 44.0 Å². The van der Waals surface area contributed by atoms with Gasteiger partial charge in [-0.25, -0.2) is 0 Å². The lowest BCUT2D eigenvalue weighted by molar-refractivity contribution is 0.102. The number of carbonyl (C=O) groups excluding carboxylic acids is 1. The molecule has 3 rings (SSSR count). The Bertz CT molecular complexity index is 845. The maximum absolute atomic E-state index is 12.6. The van der Waals surface area contributed by atoms with Crippen LogP contribution in [0.4, 0.5) is 5.69 Å². The van der Waals surface area contributed by atoms with Crippen molar-refractivity contribution in [3.63, 3.8) is 0 Å². The molecular formula is C19H18N2O. The predicted octanol–water partition coefficient (Wildman–Crippen LogP) is 4.41. The maximum Gasteiger partial charge on any atom is 0.256 e. The smallest absolute Gasteiger partial charge is 0.256 e. The Morgan fingerprint density at radius 2 is 1.68 bits per heavy atom. The summed E-state index contributed by atoms with van der Waals surface area (Å²) in [4.78, 5) is 16.9. The van der Waals surface area contributed by atoms with Crippen molar-refractivity contribution < 1.29 is 4.79 Å². The highest BCUT2D eigenvalue weighted by Crippen LogP contribution is 2.20. The number of hydrogen-bond acceptors (Lipinski definition) is 2. The fourth-order valence-electron chi connectivity index (χ4n) is 2.87. The monoisotopic (exact) mass is 290 g/mol. The van der Waals surface area contributed by atoms with Gasteiger partial charge in [-0.2, -0.15) is 0 Å². The molecule has 0 aliphatic heterocycles. The minimum absolute atomic E-state index is 0.0907. The number of anilines is 1. The molecule has 3 nitrogen and oxygen atoms in total. The summed E-state index contributed by atoms with van der Waals surface area (Å²) in [5.74, 6) is -0.0907. The van der Waals surface area contributed by atoms with E-state index in [2.05, 4.69) is 10.3 Å². The molecule has 0 spiro atoms. The summed E-state index contributed by atoms with van der Waals surface area (Å²) in [7, 11) is 0. The van der Waals surface area contributed by atoms with Crippen molar-refractivity contribution >= 4 is 22.5 Å². The van der Waals surface area contributed by atoms with Crippen LogP contribution >= 0.6 is 0 Å². The fourth-order valence-corrected chi connectivity index (χ4v) is 2.87. The van der Waals surface area contributed by atoms with Gasteiger partial charge < -0.3 is 5.32 Å². The Morgan fingerprint density at radius 3 is 2.41 bits per heavy atom. The van der Waals surface area contributed by atoms with E-state index in [0.29, 0.717) is 5.69 Å². The molecule has 0 saturated heterocycles. The average Bonchev–Trinajstić information content (AvgIpc) is 2.46. The summed E-state index contributed by atoms with van der Waals surface area (Å²) in [6.07, 6.45) is 1.69. The molecule has 2 aromatic carbocycles. The summed E-state index contributed by atoms with van der Waals surface area (Å²) in [6.45, 7) is 5.97. The Labute approximate surface area is 130 Å². The molecule has 0 atom stereocenters. The van der Waals surface area contributed by atoms with E-state index in [4.69, 9.17) is 0 Å². The molecule has 1 aromatic heterocycles. The van der Waals surface area contributed by atoms with Gasteiger partial charge in [0.1, 0.15) is 0 Å². The predicted molar refractivity (Wildman–Crippen MR) is 90.3 cm³/mol. The highest BCUT2D eigenvalue weighted by molar-refractivity contribution is 6.06. The lowest BCUT2D eigenvalue weighted by atomic mass is 9.99. The number of carbonyl (C=O) groups is 1. The van der Waals surface area contributed by atoms with Crippen molar-refractivity contribution in [1.29, 1.82) is 0 Å². The molecule has 0 radical (unpaired) electrons. The van der Waals surface area contributed by atoms with Crippen LogP contribution in [0.5, 0.6) is 0 Å². The molecule has 3 heteroatoms. The number of nitrogens with zero attached hydrogens (tertiary/aromatic N) is 1. The Kier molecular flexibility index (Phi) is 3.63. The second-order valence-electron chi connectivity index (χ2n) is 5.64. The number of hydrogen-bond donors (Lipinski definition) is 1. The highest BCUT2D eigenvalue weighted by atomic mass is 16.1. The van der Waals surface area contributed by atoms with Crippen molar-refractivity contribution in [3.8, 4) is 0 Å². The van der Waals surface area contributed by atoms with Gasteiger partial charge in [0.2, 0.25) is 0 Å². The van der Waals surface area contributed by atoms with Crippen LogP contribution in [0.25, 0.3) is 10.9 Å². The van der Waals surface area contributed by atoms with Crippen molar-refractivity contribution in [1.82, 2.24) is 4.98 Å². The quantitative estimate of drug-likeness (QED) is 0.759. The first-order valence-corrected chi connectivity index (χ1v) is 7.28. The van der Waals surface area contributed by atoms with Crippen molar-refractivity contribution in [3.05, 3.63) is 70.9 Å². The van der Waals surface area contributed by atoms with Gasteiger partial charge >= 0.3 is 0 Å². The Balaban J connectivity index is 1.93. The summed E-state index contributed by atoms with van der Waals surface area (Å²) >= 11 is 0. The topological polar surface area (TPSA) is 42.0 Å². The molecule has 0 aliphatic rings. The summed E-state index contributed by atoms with van der Waals surface area (Å²) < 4.78 is 0. The van der Waals surface area contributed by atoms with Crippen LogP contribution in [0.2, 0.25) is 0 Å². The molecule has 0 fully saturated rings. The first kappa shape index (κ1) is 14.3. The summed E-state index contributed by atoms with van der Waals surface area (Å²) in [6, 6.07) is 13.9. The third-order valence-corrected chi connectivity index (χ3v) is 3.75. The van der Waals surface area contributed by atoms with Crippen LogP contribution in [-0.2, 0) is 0 Å². The zero-order chi connectivity index (χ0) is 15.7. The second-order valence-corrected chi connectivity index (χ2v) is 5.64. The number of pyridine rings is 1. The first-order valence-electron chi connectivity index (χ1n) is 7.28. The molecule has 0 aliphatic carbocycles. The number of nitrogens with one attached hydrogen (secondary N) is 1. The molecule has 1 amide bonds. The van der Waals surface area contributed by atoms with Crippen LogP contribution in [0.3, 0.4) is 0 Å². The molecule has 110 valence electrons. The lowest BCUT2D eigenvalue weighted by Gasteiger charge is -2.12. The van der Waals surface area contributed by atoms with E-state index in [9.17, 15) is 4.79 Å². The molecular weight excluding hydrogens is 272 g/mol. The van der Waals surface area contributed by atoms with Crippen LogP contribution in [-0.4, -0.2) is 10.9 Å². The van der Waals surface area contributed by atoms with Crippen LogP contribution in [0.15, 0.2) is 48.7 Å². The summed E-state index contributed by atoms with van der Waals surface area (Å²) in [5.41, 5.74) is 5.51. The van der Waals surface area contributed by atoms with Gasteiger partial charge in [-0.15, -0.1) is 0 Å². The largest absolute Gasteiger partial charge is 0.321 e. The number of rotatable bonds is 2. The van der Waals surface area contributed by atoms with Gasteiger partial charge in [0.15, 0.2) is 0 Å². The number of aryl methyl sites for hydroxylation is 3. The van der Waals surface area contributed by atoms with Crippen LogP contribution < -0.4 is 5.32 Å². The lowest BCUT2D eigenvalue weighted by Crippen LogP contribution is -2.15. The zero-order valence-electron chi connectivity index (χ0n) is 13.0. The van der Waals surface area contributed by atoms with E-state index < -0.39 is 0 Å². The minimum atomic E-state index is -0.0907. The molecule has 3 aromatic rings. The Hall–Kier alpha value is -2.68. The molecule has 0 unspecified atom stereocenters. The third-order valence-electron chi connectivity index (χ3n) is 3.75. The zero-order valence-corrected chi connectivity index (χ0v) is 13.0.